The Labute approximate surface area is 121 Å². The summed E-state index contributed by atoms with van der Waals surface area (Å²) in [6.45, 7) is 0. The molecule has 0 radical (unpaired) electrons. The minimum atomic E-state index is -0.609. The van der Waals surface area contributed by atoms with Crippen LogP contribution >= 0.6 is 0 Å². The lowest BCUT2D eigenvalue weighted by Gasteiger charge is -2.19. The first-order valence-electron chi connectivity index (χ1n) is 6.91. The summed E-state index contributed by atoms with van der Waals surface area (Å²) in [5.74, 6) is -1.50. The van der Waals surface area contributed by atoms with Gasteiger partial charge in [-0.2, -0.15) is 0 Å². The molecule has 0 spiro atoms. The Bertz CT molecular complexity index is 637. The van der Waals surface area contributed by atoms with Crippen molar-refractivity contribution in [3.8, 4) is 0 Å². The summed E-state index contributed by atoms with van der Waals surface area (Å²) < 4.78 is 26.8. The van der Waals surface area contributed by atoms with Crippen LogP contribution in [0.4, 0.5) is 8.78 Å². The second kappa shape index (κ2) is 5.64. The topological polar surface area (TPSA) is 29.1 Å². The predicted molar refractivity (Wildman–Crippen MR) is 75.8 cm³/mol. The fraction of sp³-hybridized carbons (Fsp3) is 0.235. The van der Waals surface area contributed by atoms with E-state index in [-0.39, 0.29) is 24.3 Å². The van der Waals surface area contributed by atoms with Crippen molar-refractivity contribution in [2.45, 2.75) is 24.8 Å². The normalized spacial score (nSPS) is 21.3. The predicted octanol–water partition coefficient (Wildman–Crippen LogP) is 3.18. The summed E-state index contributed by atoms with van der Waals surface area (Å²) in [5, 5.41) is 2.91. The van der Waals surface area contributed by atoms with Gasteiger partial charge in [0.05, 0.1) is 0 Å². The number of benzene rings is 2. The van der Waals surface area contributed by atoms with Crippen LogP contribution in [0.2, 0.25) is 0 Å². The largest absolute Gasteiger partial charge is 0.352 e. The van der Waals surface area contributed by atoms with E-state index in [0.29, 0.717) is 12.0 Å². The van der Waals surface area contributed by atoms with E-state index in [1.165, 1.54) is 12.1 Å². The van der Waals surface area contributed by atoms with Gasteiger partial charge in [0.15, 0.2) is 0 Å². The van der Waals surface area contributed by atoms with Crippen LogP contribution in [0, 0.1) is 11.6 Å². The number of rotatable bonds is 3. The third-order valence-corrected chi connectivity index (χ3v) is 3.85. The van der Waals surface area contributed by atoms with E-state index < -0.39 is 11.6 Å². The van der Waals surface area contributed by atoms with Crippen molar-refractivity contribution in [1.82, 2.24) is 5.32 Å². The van der Waals surface area contributed by atoms with Crippen LogP contribution in [0.15, 0.2) is 48.5 Å². The number of halogens is 2. The van der Waals surface area contributed by atoms with E-state index in [2.05, 4.69) is 5.32 Å². The number of amides is 1. The maximum Gasteiger partial charge on any atom is 0.220 e. The molecular weight excluding hydrogens is 272 g/mol. The van der Waals surface area contributed by atoms with E-state index in [0.717, 1.165) is 11.6 Å². The monoisotopic (exact) mass is 287 g/mol. The van der Waals surface area contributed by atoms with E-state index in [4.69, 9.17) is 0 Å². The van der Waals surface area contributed by atoms with Gasteiger partial charge in [0.25, 0.3) is 0 Å². The first-order chi connectivity index (χ1) is 10.1. The van der Waals surface area contributed by atoms with E-state index in [9.17, 15) is 13.6 Å². The molecule has 0 aliphatic carbocycles. The number of carbonyl (C=O) groups is 1. The molecule has 2 unspecified atom stereocenters. The quantitative estimate of drug-likeness (QED) is 0.923. The minimum Gasteiger partial charge on any atom is -0.352 e. The Balaban J connectivity index is 1.87. The van der Waals surface area contributed by atoms with Gasteiger partial charge in [-0.15, -0.1) is 0 Å². The molecule has 3 rings (SSSR count). The van der Waals surface area contributed by atoms with Gasteiger partial charge in [0, 0.05) is 24.4 Å². The van der Waals surface area contributed by atoms with Crippen LogP contribution in [0.3, 0.4) is 0 Å². The highest BCUT2D eigenvalue weighted by molar-refractivity contribution is 5.80. The van der Waals surface area contributed by atoms with Crippen molar-refractivity contribution < 1.29 is 13.6 Å². The molecule has 1 aliphatic rings. The first-order valence-corrected chi connectivity index (χ1v) is 6.91. The molecule has 4 heteroatoms. The molecule has 2 nitrogen and oxygen atoms in total. The molecule has 2 aromatic carbocycles. The molecule has 1 aliphatic heterocycles. The van der Waals surface area contributed by atoms with Crippen LogP contribution in [0.1, 0.15) is 23.5 Å². The molecular formula is C17H15F2NO. The minimum absolute atomic E-state index is 0.0781. The number of hydrogen-bond donors (Lipinski definition) is 1. The number of nitrogens with one attached hydrogen (secondary N) is 1. The summed E-state index contributed by atoms with van der Waals surface area (Å²) in [5.41, 5.74) is 1.62. The second-order valence-electron chi connectivity index (χ2n) is 5.38. The molecule has 2 aromatic rings. The molecule has 2 atom stereocenters. The van der Waals surface area contributed by atoms with Gasteiger partial charge in [-0.3, -0.25) is 4.79 Å². The summed E-state index contributed by atoms with van der Waals surface area (Å²) in [7, 11) is 0. The molecule has 108 valence electrons. The van der Waals surface area contributed by atoms with E-state index in [1.807, 2.05) is 30.3 Å². The highest BCUT2D eigenvalue weighted by Crippen LogP contribution is 2.31. The van der Waals surface area contributed by atoms with Crippen molar-refractivity contribution in [3.63, 3.8) is 0 Å². The maximum atomic E-state index is 13.4. The first kappa shape index (κ1) is 13.7. The Morgan fingerprint density at radius 1 is 1.05 bits per heavy atom. The van der Waals surface area contributed by atoms with Crippen LogP contribution in [-0.2, 0) is 11.2 Å². The van der Waals surface area contributed by atoms with Gasteiger partial charge in [-0.1, -0.05) is 30.3 Å². The van der Waals surface area contributed by atoms with E-state index in [1.54, 1.807) is 0 Å². The maximum absolute atomic E-state index is 13.4. The van der Waals surface area contributed by atoms with Gasteiger partial charge in [-0.25, -0.2) is 8.78 Å². The lowest BCUT2D eigenvalue weighted by atomic mass is 9.88. The molecule has 21 heavy (non-hydrogen) atoms. The third kappa shape index (κ3) is 3.10. The van der Waals surface area contributed by atoms with Crippen LogP contribution in [-0.4, -0.2) is 11.9 Å². The lowest BCUT2D eigenvalue weighted by Crippen LogP contribution is -2.30. The Kier molecular flexibility index (Phi) is 3.69. The molecule has 1 heterocycles. The van der Waals surface area contributed by atoms with Crippen LogP contribution < -0.4 is 5.32 Å². The van der Waals surface area contributed by atoms with Gasteiger partial charge in [0.1, 0.15) is 11.6 Å². The van der Waals surface area contributed by atoms with Crippen LogP contribution in [0.5, 0.6) is 0 Å². The van der Waals surface area contributed by atoms with Crippen LogP contribution in [0.25, 0.3) is 0 Å². The smallest absolute Gasteiger partial charge is 0.220 e. The fourth-order valence-electron chi connectivity index (χ4n) is 2.91. The average Bonchev–Trinajstić information content (AvgIpc) is 2.80. The summed E-state index contributed by atoms with van der Waals surface area (Å²) in [6.07, 6.45) is 0.912. The molecule has 1 N–H and O–H groups in total. The summed E-state index contributed by atoms with van der Waals surface area (Å²) in [4.78, 5) is 11.7. The number of carbonyl (C=O) groups excluding carboxylic acids is 1. The standard InChI is InChI=1S/C17H15F2NO/c18-13-7-12(8-14(19)9-13)15-10-17(21)20-16(15)6-11-4-2-1-3-5-11/h1-5,7-9,15-16H,6,10H2,(H,20,21). The lowest BCUT2D eigenvalue weighted by molar-refractivity contribution is -0.119. The SMILES string of the molecule is O=C1CC(c2cc(F)cc(F)c2)C(Cc2ccccc2)N1. The van der Waals surface area contributed by atoms with Crippen molar-refractivity contribution >= 4 is 5.91 Å². The average molecular weight is 287 g/mol. The zero-order chi connectivity index (χ0) is 14.8. The summed E-state index contributed by atoms with van der Waals surface area (Å²) in [6, 6.07) is 13.1. The zero-order valence-electron chi connectivity index (χ0n) is 11.4. The van der Waals surface area contributed by atoms with Gasteiger partial charge < -0.3 is 5.32 Å². The molecule has 0 saturated carbocycles. The molecule has 1 saturated heterocycles. The second-order valence-corrected chi connectivity index (χ2v) is 5.38. The van der Waals surface area contributed by atoms with Gasteiger partial charge >= 0.3 is 0 Å². The molecule has 0 aromatic heterocycles. The van der Waals surface area contributed by atoms with Crippen molar-refractivity contribution in [2.24, 2.45) is 0 Å². The highest BCUT2D eigenvalue weighted by atomic mass is 19.1. The molecule has 0 bridgehead atoms. The third-order valence-electron chi connectivity index (χ3n) is 3.85. The van der Waals surface area contributed by atoms with Crippen molar-refractivity contribution in [3.05, 3.63) is 71.3 Å². The number of hydrogen-bond acceptors (Lipinski definition) is 1. The van der Waals surface area contributed by atoms with Crippen molar-refractivity contribution in [1.29, 1.82) is 0 Å². The highest BCUT2D eigenvalue weighted by Gasteiger charge is 2.33. The Morgan fingerprint density at radius 2 is 1.71 bits per heavy atom. The Hall–Kier alpha value is -2.23. The van der Waals surface area contributed by atoms with Crippen molar-refractivity contribution in [2.75, 3.05) is 0 Å². The van der Waals surface area contributed by atoms with Gasteiger partial charge in [-0.05, 0) is 29.7 Å². The fourth-order valence-corrected chi connectivity index (χ4v) is 2.91. The van der Waals surface area contributed by atoms with Gasteiger partial charge in [0.2, 0.25) is 5.91 Å². The molecule has 1 amide bonds. The zero-order valence-corrected chi connectivity index (χ0v) is 11.4. The Morgan fingerprint density at radius 3 is 2.38 bits per heavy atom. The molecule has 1 fully saturated rings. The van der Waals surface area contributed by atoms with E-state index >= 15 is 0 Å². The summed E-state index contributed by atoms with van der Waals surface area (Å²) >= 11 is 0.